The molecule has 0 unspecified atom stereocenters. The van der Waals surface area contributed by atoms with E-state index in [4.69, 9.17) is 9.47 Å². The van der Waals surface area contributed by atoms with Gasteiger partial charge in [-0.3, -0.25) is 4.79 Å². The maximum Gasteiger partial charge on any atom is 0.303 e. The first kappa shape index (κ1) is 21.2. The third kappa shape index (κ3) is 4.77. The molecule has 4 nitrogen and oxygen atoms in total. The van der Waals surface area contributed by atoms with Crippen LogP contribution in [0.1, 0.15) is 80.1 Å². The van der Waals surface area contributed by atoms with Crippen molar-refractivity contribution in [2.45, 2.75) is 103 Å². The first-order valence-electron chi connectivity index (χ1n) is 9.96. The van der Waals surface area contributed by atoms with Gasteiger partial charge in [0.1, 0.15) is 11.7 Å². The van der Waals surface area contributed by atoms with Gasteiger partial charge in [-0.15, -0.1) is 0 Å². The van der Waals surface area contributed by atoms with E-state index in [0.717, 1.165) is 37.7 Å². The van der Waals surface area contributed by atoms with Crippen molar-refractivity contribution in [3.05, 3.63) is 23.3 Å². The molecule has 0 amide bonds. The number of ether oxygens (including phenoxy) is 2. The number of allylic oxidation sites excluding steroid dienone is 2. The van der Waals surface area contributed by atoms with Crippen molar-refractivity contribution in [2.24, 2.45) is 5.92 Å². The van der Waals surface area contributed by atoms with Crippen molar-refractivity contribution in [3.63, 3.8) is 0 Å². The summed E-state index contributed by atoms with van der Waals surface area (Å²) in [4.78, 5) is 11.7. The van der Waals surface area contributed by atoms with Crippen LogP contribution in [-0.4, -0.2) is 34.5 Å². The van der Waals surface area contributed by atoms with E-state index in [1.807, 2.05) is 13.8 Å². The second kappa shape index (κ2) is 8.26. The highest BCUT2D eigenvalue weighted by Gasteiger charge is 2.52. The van der Waals surface area contributed by atoms with Crippen molar-refractivity contribution in [1.82, 2.24) is 0 Å². The average Bonchev–Trinajstić information content (AvgIpc) is 2.91. The third-order valence-electron chi connectivity index (χ3n) is 6.29. The monoisotopic (exact) mass is 364 g/mol. The molecule has 2 bridgehead atoms. The predicted molar refractivity (Wildman–Crippen MR) is 104 cm³/mol. The van der Waals surface area contributed by atoms with Crippen molar-refractivity contribution in [1.29, 1.82) is 0 Å². The lowest BCUT2D eigenvalue weighted by Gasteiger charge is -2.40. The minimum absolute atomic E-state index is 0.240. The fourth-order valence-corrected chi connectivity index (χ4v) is 4.16. The lowest BCUT2D eigenvalue weighted by atomic mass is 9.82. The molecule has 2 rings (SSSR count). The molecule has 1 N–H and O–H groups in total. The Hall–Kier alpha value is -1.13. The first-order valence-corrected chi connectivity index (χ1v) is 9.96. The van der Waals surface area contributed by atoms with E-state index in [2.05, 4.69) is 32.9 Å². The second-order valence-electron chi connectivity index (χ2n) is 8.73. The number of carbonyl (C=O) groups excluding carboxylic acids is 1. The molecule has 148 valence electrons. The molecule has 0 aromatic rings. The summed E-state index contributed by atoms with van der Waals surface area (Å²) in [7, 11) is 0. The van der Waals surface area contributed by atoms with Gasteiger partial charge in [0.15, 0.2) is 0 Å². The zero-order valence-corrected chi connectivity index (χ0v) is 17.3. The van der Waals surface area contributed by atoms with Crippen LogP contribution >= 0.6 is 0 Å². The molecule has 4 atom stereocenters. The molecule has 0 aliphatic carbocycles. The smallest absolute Gasteiger partial charge is 0.303 e. The van der Waals surface area contributed by atoms with Gasteiger partial charge in [0.05, 0.1) is 11.7 Å². The van der Waals surface area contributed by atoms with E-state index in [0.29, 0.717) is 12.3 Å². The molecule has 2 heterocycles. The van der Waals surface area contributed by atoms with Gasteiger partial charge in [-0.1, -0.05) is 31.6 Å². The molecule has 2 aliphatic rings. The van der Waals surface area contributed by atoms with Gasteiger partial charge in [0.25, 0.3) is 0 Å². The molecule has 1 fully saturated rings. The average molecular weight is 365 g/mol. The van der Waals surface area contributed by atoms with Gasteiger partial charge in [-0.2, -0.15) is 0 Å². The maximum atomic E-state index is 11.7. The highest BCUT2D eigenvalue weighted by molar-refractivity contribution is 5.66. The minimum atomic E-state index is -0.626. The van der Waals surface area contributed by atoms with Gasteiger partial charge >= 0.3 is 5.97 Å². The highest BCUT2D eigenvalue weighted by Crippen LogP contribution is 2.48. The van der Waals surface area contributed by atoms with Crippen molar-refractivity contribution in [2.75, 3.05) is 0 Å². The number of fused-ring (bicyclic) bond motifs is 2. The number of rotatable bonds is 2. The summed E-state index contributed by atoms with van der Waals surface area (Å²) in [6.07, 6.45) is 8.25. The van der Waals surface area contributed by atoms with E-state index in [1.54, 1.807) is 0 Å². The molecule has 0 spiro atoms. The Morgan fingerprint density at radius 2 is 2.00 bits per heavy atom. The van der Waals surface area contributed by atoms with Crippen LogP contribution in [0.5, 0.6) is 0 Å². The number of aliphatic hydroxyl groups excluding tert-OH is 1. The van der Waals surface area contributed by atoms with E-state index in [1.165, 1.54) is 12.5 Å². The Morgan fingerprint density at radius 3 is 2.62 bits per heavy atom. The van der Waals surface area contributed by atoms with E-state index in [-0.39, 0.29) is 11.6 Å². The van der Waals surface area contributed by atoms with Crippen molar-refractivity contribution >= 4 is 5.97 Å². The molecular weight excluding hydrogens is 328 g/mol. The Balaban J connectivity index is 2.41. The molecule has 0 aromatic heterocycles. The molecule has 0 radical (unpaired) electrons. The number of hydrogen-bond donors (Lipinski definition) is 1. The van der Waals surface area contributed by atoms with Crippen LogP contribution in [0.3, 0.4) is 0 Å². The molecular formula is C22H36O4. The Morgan fingerprint density at radius 1 is 1.31 bits per heavy atom. The van der Waals surface area contributed by atoms with Crippen LogP contribution in [0, 0.1) is 5.92 Å². The summed E-state index contributed by atoms with van der Waals surface area (Å²) in [6.45, 7) is 12.0. The van der Waals surface area contributed by atoms with Gasteiger partial charge in [-0.05, 0) is 64.4 Å². The number of carbonyl (C=O) groups is 1. The topological polar surface area (TPSA) is 55.8 Å². The fraction of sp³-hybridized carbons (Fsp3) is 0.773. The molecule has 0 aromatic carbocycles. The Bertz CT molecular complexity index is 577. The molecule has 4 heteroatoms. The quantitative estimate of drug-likeness (QED) is 0.569. The van der Waals surface area contributed by atoms with Crippen LogP contribution in [0.4, 0.5) is 0 Å². The SMILES string of the molecule is CC(=O)O[C@H]1C[C@H](O)/C(C)=C\CC/C(C)=C/C[C@@]2(C(C)C)CC[C@@]1(C)O2. The van der Waals surface area contributed by atoms with Crippen LogP contribution in [0.15, 0.2) is 23.3 Å². The summed E-state index contributed by atoms with van der Waals surface area (Å²) in [5.41, 5.74) is 1.48. The van der Waals surface area contributed by atoms with Crippen LogP contribution in [-0.2, 0) is 14.3 Å². The van der Waals surface area contributed by atoms with Crippen LogP contribution in [0.2, 0.25) is 0 Å². The molecule has 1 saturated heterocycles. The standard InChI is InChI=1S/C22H36O4/c1-15(2)22-11-10-16(3)8-7-9-17(4)19(24)14-20(25-18(5)23)21(6,26-22)12-13-22/h9-10,15,19-20,24H,7-8,11-14H2,1-6H3/b16-10+,17-9-/t19-,20-,21+,22-/m0/s1. The van der Waals surface area contributed by atoms with E-state index in [9.17, 15) is 9.90 Å². The largest absolute Gasteiger partial charge is 0.459 e. The van der Waals surface area contributed by atoms with Gasteiger partial charge < -0.3 is 14.6 Å². The lowest BCUT2D eigenvalue weighted by molar-refractivity contribution is -0.189. The maximum absolute atomic E-state index is 11.7. The summed E-state index contributed by atoms with van der Waals surface area (Å²) >= 11 is 0. The Labute approximate surface area is 158 Å². The van der Waals surface area contributed by atoms with Crippen LogP contribution in [0.25, 0.3) is 0 Å². The summed E-state index contributed by atoms with van der Waals surface area (Å²) in [5.74, 6) is 0.0389. The molecule has 0 saturated carbocycles. The molecule has 26 heavy (non-hydrogen) atoms. The number of esters is 1. The van der Waals surface area contributed by atoms with E-state index >= 15 is 0 Å². The zero-order chi connectivity index (χ0) is 19.5. The minimum Gasteiger partial charge on any atom is -0.459 e. The van der Waals surface area contributed by atoms with Gasteiger partial charge in [0, 0.05) is 13.3 Å². The van der Waals surface area contributed by atoms with Gasteiger partial charge in [0.2, 0.25) is 0 Å². The highest BCUT2D eigenvalue weighted by atomic mass is 16.6. The van der Waals surface area contributed by atoms with Gasteiger partial charge in [-0.25, -0.2) is 0 Å². The predicted octanol–water partition coefficient (Wildman–Crippen LogP) is 4.71. The summed E-state index contributed by atoms with van der Waals surface area (Å²) < 4.78 is 12.4. The van der Waals surface area contributed by atoms with Crippen LogP contribution < -0.4 is 0 Å². The van der Waals surface area contributed by atoms with E-state index < -0.39 is 17.8 Å². The number of hydrogen-bond acceptors (Lipinski definition) is 4. The normalized spacial score (nSPS) is 40.5. The Kier molecular flexibility index (Phi) is 6.73. The zero-order valence-electron chi connectivity index (χ0n) is 17.3. The van der Waals surface area contributed by atoms with Crippen molar-refractivity contribution < 1.29 is 19.4 Å². The number of aliphatic hydroxyl groups is 1. The first-order chi connectivity index (χ1) is 12.1. The lowest BCUT2D eigenvalue weighted by Crippen LogP contribution is -2.47. The van der Waals surface area contributed by atoms with Crippen molar-refractivity contribution in [3.8, 4) is 0 Å². The summed E-state index contributed by atoms with van der Waals surface area (Å²) in [5, 5.41) is 10.7. The fourth-order valence-electron chi connectivity index (χ4n) is 4.16. The molecule has 2 aliphatic heterocycles. The summed E-state index contributed by atoms with van der Waals surface area (Å²) in [6, 6.07) is 0. The third-order valence-corrected chi connectivity index (χ3v) is 6.29. The second-order valence-corrected chi connectivity index (χ2v) is 8.73.